The van der Waals surface area contributed by atoms with E-state index in [-0.39, 0.29) is 29.4 Å². The van der Waals surface area contributed by atoms with Gasteiger partial charge in [-0.15, -0.1) is 0 Å². The van der Waals surface area contributed by atoms with Crippen molar-refractivity contribution in [3.8, 4) is 22.9 Å². The highest BCUT2D eigenvalue weighted by Crippen LogP contribution is 2.42. The second-order valence-electron chi connectivity index (χ2n) is 12.5. The van der Waals surface area contributed by atoms with Crippen LogP contribution in [0.4, 0.5) is 14.6 Å². The van der Waals surface area contributed by atoms with E-state index in [0.29, 0.717) is 59.4 Å². The third kappa shape index (κ3) is 4.13. The van der Waals surface area contributed by atoms with Gasteiger partial charge in [-0.05, 0) is 61.9 Å². The average Bonchev–Trinajstić information content (AvgIpc) is 3.73. The number of nitrogens with zero attached hydrogens (tertiary/aromatic N) is 4. The number of anilines is 1. The van der Waals surface area contributed by atoms with Gasteiger partial charge in [0.05, 0.1) is 11.8 Å². The molecule has 220 valence electrons. The van der Waals surface area contributed by atoms with Crippen LogP contribution in [-0.4, -0.2) is 76.6 Å². The Morgan fingerprint density at radius 1 is 1.14 bits per heavy atom. The van der Waals surface area contributed by atoms with E-state index < -0.39 is 12.0 Å². The number of hydrogen-bond donors (Lipinski definition) is 2. The fourth-order valence-electron chi connectivity index (χ4n) is 7.95. The van der Waals surface area contributed by atoms with E-state index in [4.69, 9.17) is 14.1 Å². The number of furan rings is 1. The minimum absolute atomic E-state index is 0.000737. The Labute approximate surface area is 242 Å². The fourth-order valence-corrected chi connectivity index (χ4v) is 7.95. The summed E-state index contributed by atoms with van der Waals surface area (Å²) >= 11 is 0. The SMILES string of the molecule is CCc1coc2cc(O)cc(-c3ccc4c(N5C[C@H]6CC[C@@H](C5)N6)nc(OC[C@@]56CCCN5C[C@H](F)C6)nc4c3F)c12. The van der Waals surface area contributed by atoms with Crippen molar-refractivity contribution < 1.29 is 23.0 Å². The summed E-state index contributed by atoms with van der Waals surface area (Å²) in [5.41, 5.74) is 2.13. The Kier molecular flexibility index (Phi) is 6.08. The number of benzene rings is 2. The van der Waals surface area contributed by atoms with E-state index in [1.807, 2.05) is 13.0 Å². The zero-order chi connectivity index (χ0) is 28.6. The summed E-state index contributed by atoms with van der Waals surface area (Å²) in [6.07, 6.45) is 6.01. The zero-order valence-electron chi connectivity index (χ0n) is 23.7. The minimum Gasteiger partial charge on any atom is -0.508 e. The number of aromatic hydroxyl groups is 1. The molecule has 4 atom stereocenters. The number of piperazine rings is 1. The highest BCUT2D eigenvalue weighted by molar-refractivity contribution is 6.01. The number of fused-ring (bicyclic) bond motifs is 5. The first-order valence-corrected chi connectivity index (χ1v) is 15.2. The van der Waals surface area contributed by atoms with Crippen molar-refractivity contribution in [1.29, 1.82) is 0 Å². The van der Waals surface area contributed by atoms with E-state index in [9.17, 15) is 9.50 Å². The molecule has 2 aromatic carbocycles. The van der Waals surface area contributed by atoms with Crippen LogP contribution in [0.25, 0.3) is 33.0 Å². The van der Waals surface area contributed by atoms with Gasteiger partial charge in [0, 0.05) is 60.5 Å². The van der Waals surface area contributed by atoms with E-state index >= 15 is 4.39 Å². The molecule has 8 rings (SSSR count). The smallest absolute Gasteiger partial charge is 0.319 e. The first-order valence-electron chi connectivity index (χ1n) is 15.2. The first-order chi connectivity index (χ1) is 20.4. The van der Waals surface area contributed by atoms with Crippen LogP contribution in [0.15, 0.2) is 34.9 Å². The fraction of sp³-hybridized carbons (Fsp3) is 0.500. The Balaban J connectivity index is 1.25. The lowest BCUT2D eigenvalue weighted by atomic mass is 9.95. The van der Waals surface area contributed by atoms with Gasteiger partial charge in [-0.1, -0.05) is 13.0 Å². The van der Waals surface area contributed by atoms with Crippen molar-refractivity contribution in [2.45, 2.75) is 69.2 Å². The minimum atomic E-state index is -0.867. The molecule has 0 spiro atoms. The number of hydrogen-bond acceptors (Lipinski definition) is 8. The molecule has 6 heterocycles. The number of phenolic OH excluding ortho intramolecular Hbond substituents is 1. The van der Waals surface area contributed by atoms with Crippen LogP contribution in [0, 0.1) is 5.82 Å². The number of phenols is 1. The summed E-state index contributed by atoms with van der Waals surface area (Å²) in [6.45, 7) is 5.13. The van der Waals surface area contributed by atoms with Crippen LogP contribution in [0.5, 0.6) is 11.8 Å². The van der Waals surface area contributed by atoms with E-state index in [1.54, 1.807) is 24.5 Å². The van der Waals surface area contributed by atoms with Gasteiger partial charge in [0.2, 0.25) is 0 Å². The van der Waals surface area contributed by atoms with Crippen LogP contribution in [0.3, 0.4) is 0 Å². The predicted octanol–water partition coefficient (Wildman–Crippen LogP) is 5.35. The van der Waals surface area contributed by atoms with Gasteiger partial charge < -0.3 is 24.5 Å². The van der Waals surface area contributed by atoms with Gasteiger partial charge in [-0.3, -0.25) is 4.90 Å². The number of halogens is 2. The molecule has 4 aliphatic rings. The molecular formula is C32H35F2N5O3. The molecule has 4 aromatic rings. The molecule has 10 heteroatoms. The molecule has 0 radical (unpaired) electrons. The van der Waals surface area contributed by atoms with Crippen LogP contribution < -0.4 is 15.0 Å². The van der Waals surface area contributed by atoms with Crippen LogP contribution in [-0.2, 0) is 6.42 Å². The summed E-state index contributed by atoms with van der Waals surface area (Å²) in [5.74, 6) is 0.161. The van der Waals surface area contributed by atoms with Crippen molar-refractivity contribution >= 4 is 27.7 Å². The lowest BCUT2D eigenvalue weighted by Gasteiger charge is -2.34. The lowest BCUT2D eigenvalue weighted by Crippen LogP contribution is -2.51. The summed E-state index contributed by atoms with van der Waals surface area (Å²) < 4.78 is 43.1. The molecule has 0 aliphatic carbocycles. The molecule has 2 N–H and O–H groups in total. The number of aromatic nitrogens is 2. The first kappa shape index (κ1) is 26.2. The maximum absolute atomic E-state index is 16.7. The van der Waals surface area contributed by atoms with Crippen molar-refractivity contribution in [3.05, 3.63) is 41.9 Å². The summed E-state index contributed by atoms with van der Waals surface area (Å²) in [7, 11) is 0. The van der Waals surface area contributed by atoms with Gasteiger partial charge in [0.15, 0.2) is 5.82 Å². The number of nitrogens with one attached hydrogen (secondary N) is 1. The molecule has 0 unspecified atom stereocenters. The second kappa shape index (κ2) is 9.77. The summed E-state index contributed by atoms with van der Waals surface area (Å²) in [6, 6.07) is 7.60. The third-order valence-corrected chi connectivity index (χ3v) is 9.92. The Morgan fingerprint density at radius 2 is 1.98 bits per heavy atom. The van der Waals surface area contributed by atoms with Crippen LogP contribution >= 0.6 is 0 Å². The van der Waals surface area contributed by atoms with Gasteiger partial charge in [-0.25, -0.2) is 8.78 Å². The second-order valence-corrected chi connectivity index (χ2v) is 12.5. The molecule has 4 saturated heterocycles. The molecule has 2 bridgehead atoms. The Morgan fingerprint density at radius 3 is 2.79 bits per heavy atom. The monoisotopic (exact) mass is 575 g/mol. The molecule has 42 heavy (non-hydrogen) atoms. The maximum atomic E-state index is 16.7. The zero-order valence-corrected chi connectivity index (χ0v) is 23.7. The van der Waals surface area contributed by atoms with Gasteiger partial charge in [0.25, 0.3) is 0 Å². The quantitative estimate of drug-likeness (QED) is 0.319. The molecule has 0 amide bonds. The highest BCUT2D eigenvalue weighted by atomic mass is 19.1. The Hall–Kier alpha value is -3.50. The molecule has 0 saturated carbocycles. The standard InChI is InChI=1S/C32H35F2N5O3/c1-2-18-16-41-26-11-22(40)10-25(27(18)26)23-6-7-24-29(28(23)34)36-31(37-30(24)38-14-20-4-5-21(15-38)35-20)42-17-32-8-3-9-39(32)13-19(33)12-32/h6-7,10-11,16,19-21,35,40H,2-5,8-9,12-15,17H2,1H3/t19-,20-,21+,32+/m1/s1. The van der Waals surface area contributed by atoms with Crippen molar-refractivity contribution in [2.75, 3.05) is 37.7 Å². The van der Waals surface area contributed by atoms with Gasteiger partial charge >= 0.3 is 6.01 Å². The van der Waals surface area contributed by atoms with Crippen molar-refractivity contribution in [3.63, 3.8) is 0 Å². The van der Waals surface area contributed by atoms with E-state index in [2.05, 4.69) is 20.1 Å². The van der Waals surface area contributed by atoms with Crippen molar-refractivity contribution in [2.24, 2.45) is 0 Å². The lowest BCUT2D eigenvalue weighted by molar-refractivity contribution is 0.107. The molecule has 2 aromatic heterocycles. The molecule has 4 aliphatic heterocycles. The predicted molar refractivity (Wildman–Crippen MR) is 156 cm³/mol. The molecular weight excluding hydrogens is 540 g/mol. The third-order valence-electron chi connectivity index (χ3n) is 9.92. The Bertz CT molecular complexity index is 1680. The number of rotatable bonds is 6. The van der Waals surface area contributed by atoms with Gasteiger partial charge in [-0.2, -0.15) is 9.97 Å². The van der Waals surface area contributed by atoms with Crippen LogP contribution in [0.2, 0.25) is 0 Å². The topological polar surface area (TPSA) is 86.9 Å². The summed E-state index contributed by atoms with van der Waals surface area (Å²) in [5, 5.41) is 15.5. The van der Waals surface area contributed by atoms with Gasteiger partial charge in [0.1, 0.15) is 35.4 Å². The largest absolute Gasteiger partial charge is 0.508 e. The number of alkyl halides is 1. The average molecular weight is 576 g/mol. The van der Waals surface area contributed by atoms with Crippen LogP contribution in [0.1, 0.15) is 44.6 Å². The van der Waals surface area contributed by atoms with E-state index in [0.717, 1.165) is 56.3 Å². The van der Waals surface area contributed by atoms with Crippen molar-refractivity contribution in [1.82, 2.24) is 20.2 Å². The molecule has 4 fully saturated rings. The number of ether oxygens (including phenoxy) is 1. The normalized spacial score (nSPS) is 27.4. The van der Waals surface area contributed by atoms with E-state index in [1.165, 1.54) is 0 Å². The highest BCUT2D eigenvalue weighted by Gasteiger charge is 2.49. The number of aryl methyl sites for hydroxylation is 1. The summed E-state index contributed by atoms with van der Waals surface area (Å²) in [4.78, 5) is 13.9. The maximum Gasteiger partial charge on any atom is 0.319 e. The molecule has 8 nitrogen and oxygen atoms in total.